The first-order valence-corrected chi connectivity index (χ1v) is 6.87. The first kappa shape index (κ1) is 14.4. The van der Waals surface area contributed by atoms with Gasteiger partial charge in [0.2, 0.25) is 0 Å². The second-order valence-electron chi connectivity index (χ2n) is 5.64. The third kappa shape index (κ3) is 3.73. The van der Waals surface area contributed by atoms with Crippen LogP contribution < -0.4 is 10.1 Å². The molecule has 5 nitrogen and oxygen atoms in total. The molecule has 0 bridgehead atoms. The maximum atomic E-state index is 5.48. The van der Waals surface area contributed by atoms with E-state index in [1.807, 2.05) is 42.1 Å². The Kier molecular flexibility index (Phi) is 4.27. The molecule has 20 heavy (non-hydrogen) atoms. The number of ether oxygens (including phenoxy) is 1. The summed E-state index contributed by atoms with van der Waals surface area (Å²) >= 11 is 0. The number of benzene rings is 1. The number of hydrogen-bond donors (Lipinski definition) is 1. The molecule has 0 fully saturated rings. The fraction of sp³-hybridized carbons (Fsp3) is 0.467. The molecular weight excluding hydrogens is 252 g/mol. The summed E-state index contributed by atoms with van der Waals surface area (Å²) in [6.45, 7) is 9.60. The SMILES string of the molecule is CCOc1cccc(NCc2cn(C(C)(C)C)nn2)c1. The van der Waals surface area contributed by atoms with Crippen LogP contribution in [0.15, 0.2) is 30.5 Å². The molecule has 0 aliphatic rings. The molecule has 0 radical (unpaired) electrons. The first-order chi connectivity index (χ1) is 9.49. The second-order valence-corrected chi connectivity index (χ2v) is 5.64. The van der Waals surface area contributed by atoms with Crippen molar-refractivity contribution in [3.63, 3.8) is 0 Å². The van der Waals surface area contributed by atoms with Crippen molar-refractivity contribution in [1.82, 2.24) is 15.0 Å². The van der Waals surface area contributed by atoms with Crippen molar-refractivity contribution >= 4 is 5.69 Å². The Morgan fingerprint density at radius 3 is 2.75 bits per heavy atom. The lowest BCUT2D eigenvalue weighted by Crippen LogP contribution is -2.22. The van der Waals surface area contributed by atoms with Crippen LogP contribution in [0.1, 0.15) is 33.4 Å². The van der Waals surface area contributed by atoms with Gasteiger partial charge in [-0.15, -0.1) is 5.10 Å². The fourth-order valence-electron chi connectivity index (χ4n) is 1.76. The predicted octanol–water partition coefficient (Wildman–Crippen LogP) is 3.04. The van der Waals surface area contributed by atoms with Gasteiger partial charge < -0.3 is 10.1 Å². The van der Waals surface area contributed by atoms with Crippen LogP contribution in [0.3, 0.4) is 0 Å². The van der Waals surface area contributed by atoms with E-state index < -0.39 is 0 Å². The van der Waals surface area contributed by atoms with Crippen LogP contribution in [0.4, 0.5) is 5.69 Å². The fourth-order valence-corrected chi connectivity index (χ4v) is 1.76. The monoisotopic (exact) mass is 274 g/mol. The highest BCUT2D eigenvalue weighted by atomic mass is 16.5. The minimum Gasteiger partial charge on any atom is -0.494 e. The number of rotatable bonds is 5. The van der Waals surface area contributed by atoms with E-state index in [0.717, 1.165) is 17.1 Å². The largest absolute Gasteiger partial charge is 0.494 e. The molecule has 0 spiro atoms. The molecule has 0 amide bonds. The summed E-state index contributed by atoms with van der Waals surface area (Å²) in [5.74, 6) is 0.871. The van der Waals surface area contributed by atoms with Gasteiger partial charge in [-0.3, -0.25) is 0 Å². The van der Waals surface area contributed by atoms with E-state index in [0.29, 0.717) is 13.2 Å². The van der Waals surface area contributed by atoms with Crippen LogP contribution in [0.25, 0.3) is 0 Å². The smallest absolute Gasteiger partial charge is 0.121 e. The van der Waals surface area contributed by atoms with Crippen molar-refractivity contribution in [2.24, 2.45) is 0 Å². The van der Waals surface area contributed by atoms with Gasteiger partial charge in [0.1, 0.15) is 11.4 Å². The molecule has 0 atom stereocenters. The average Bonchev–Trinajstić information content (AvgIpc) is 2.86. The van der Waals surface area contributed by atoms with Crippen molar-refractivity contribution in [2.75, 3.05) is 11.9 Å². The van der Waals surface area contributed by atoms with E-state index in [-0.39, 0.29) is 5.54 Å². The predicted molar refractivity (Wildman–Crippen MR) is 80.0 cm³/mol. The van der Waals surface area contributed by atoms with E-state index in [9.17, 15) is 0 Å². The number of nitrogens with one attached hydrogen (secondary N) is 1. The zero-order valence-corrected chi connectivity index (χ0v) is 12.6. The minimum absolute atomic E-state index is 0.0415. The summed E-state index contributed by atoms with van der Waals surface area (Å²) in [5.41, 5.74) is 1.89. The molecule has 0 unspecified atom stereocenters. The van der Waals surface area contributed by atoms with Crippen LogP contribution >= 0.6 is 0 Å². The lowest BCUT2D eigenvalue weighted by molar-refractivity contribution is 0.340. The molecule has 1 aromatic carbocycles. The number of hydrogen-bond acceptors (Lipinski definition) is 4. The van der Waals surface area contributed by atoms with Crippen LogP contribution in [-0.2, 0) is 12.1 Å². The van der Waals surface area contributed by atoms with Crippen LogP contribution in [0.5, 0.6) is 5.75 Å². The molecule has 0 aliphatic carbocycles. The summed E-state index contributed by atoms with van der Waals surface area (Å²) in [5, 5.41) is 11.7. The summed E-state index contributed by atoms with van der Waals surface area (Å²) in [4.78, 5) is 0. The van der Waals surface area contributed by atoms with E-state index >= 15 is 0 Å². The average molecular weight is 274 g/mol. The van der Waals surface area contributed by atoms with Crippen LogP contribution in [0, 0.1) is 0 Å². The highest BCUT2D eigenvalue weighted by molar-refractivity contribution is 5.48. The summed E-state index contributed by atoms with van der Waals surface area (Å²) < 4.78 is 7.35. The first-order valence-electron chi connectivity index (χ1n) is 6.87. The third-order valence-electron chi connectivity index (χ3n) is 2.85. The Balaban J connectivity index is 1.98. The highest BCUT2D eigenvalue weighted by Gasteiger charge is 2.14. The summed E-state index contributed by atoms with van der Waals surface area (Å²) in [7, 11) is 0. The summed E-state index contributed by atoms with van der Waals surface area (Å²) in [6, 6.07) is 7.91. The van der Waals surface area contributed by atoms with Crippen molar-refractivity contribution < 1.29 is 4.74 Å². The molecule has 108 valence electrons. The van der Waals surface area contributed by atoms with Gasteiger partial charge in [-0.2, -0.15) is 0 Å². The van der Waals surface area contributed by atoms with Gasteiger partial charge in [-0.25, -0.2) is 4.68 Å². The quantitative estimate of drug-likeness (QED) is 0.910. The van der Waals surface area contributed by atoms with E-state index in [2.05, 4.69) is 36.4 Å². The van der Waals surface area contributed by atoms with Crippen LogP contribution in [0.2, 0.25) is 0 Å². The lowest BCUT2D eigenvalue weighted by atomic mass is 10.1. The Bertz CT molecular complexity index is 557. The molecule has 1 heterocycles. The number of anilines is 1. The third-order valence-corrected chi connectivity index (χ3v) is 2.85. The van der Waals surface area contributed by atoms with Gasteiger partial charge in [0.05, 0.1) is 24.9 Å². The van der Waals surface area contributed by atoms with E-state index in [1.165, 1.54) is 0 Å². The normalized spacial score (nSPS) is 11.4. The zero-order valence-electron chi connectivity index (χ0n) is 12.6. The van der Waals surface area contributed by atoms with Crippen molar-refractivity contribution in [3.8, 4) is 5.75 Å². The standard InChI is InChI=1S/C15H22N4O/c1-5-20-14-8-6-7-12(9-14)16-10-13-11-19(18-17-13)15(2,3)4/h6-9,11,16H,5,10H2,1-4H3. The highest BCUT2D eigenvalue weighted by Crippen LogP contribution is 2.18. The molecule has 0 saturated heterocycles. The maximum absolute atomic E-state index is 5.48. The van der Waals surface area contributed by atoms with Crippen LogP contribution in [-0.4, -0.2) is 21.6 Å². The van der Waals surface area contributed by atoms with Gasteiger partial charge in [-0.1, -0.05) is 11.3 Å². The zero-order chi connectivity index (χ0) is 14.6. The van der Waals surface area contributed by atoms with Crippen molar-refractivity contribution in [2.45, 2.75) is 39.8 Å². The minimum atomic E-state index is -0.0415. The Hall–Kier alpha value is -2.04. The topological polar surface area (TPSA) is 52.0 Å². The second kappa shape index (κ2) is 5.94. The Labute approximate surface area is 120 Å². The molecule has 5 heteroatoms. The lowest BCUT2D eigenvalue weighted by Gasteiger charge is -2.17. The molecular formula is C15H22N4O. The summed E-state index contributed by atoms with van der Waals surface area (Å²) in [6.07, 6.45) is 1.97. The van der Waals surface area contributed by atoms with Gasteiger partial charge in [0, 0.05) is 11.8 Å². The van der Waals surface area contributed by atoms with Crippen molar-refractivity contribution in [1.29, 1.82) is 0 Å². The van der Waals surface area contributed by atoms with Gasteiger partial charge in [0.25, 0.3) is 0 Å². The molecule has 0 aliphatic heterocycles. The van der Waals surface area contributed by atoms with E-state index in [1.54, 1.807) is 0 Å². The van der Waals surface area contributed by atoms with E-state index in [4.69, 9.17) is 4.74 Å². The maximum Gasteiger partial charge on any atom is 0.121 e. The molecule has 0 saturated carbocycles. The van der Waals surface area contributed by atoms with Crippen molar-refractivity contribution in [3.05, 3.63) is 36.2 Å². The van der Waals surface area contributed by atoms with Gasteiger partial charge in [-0.05, 0) is 39.8 Å². The number of nitrogens with zero attached hydrogens (tertiary/aromatic N) is 3. The Morgan fingerprint density at radius 2 is 2.10 bits per heavy atom. The van der Waals surface area contributed by atoms with Gasteiger partial charge >= 0.3 is 0 Å². The van der Waals surface area contributed by atoms with Gasteiger partial charge in [0.15, 0.2) is 0 Å². The molecule has 2 aromatic rings. The Morgan fingerprint density at radius 1 is 1.30 bits per heavy atom. The number of aromatic nitrogens is 3. The molecule has 1 aromatic heterocycles. The molecule has 2 rings (SSSR count). The molecule has 1 N–H and O–H groups in total.